The fourth-order valence-corrected chi connectivity index (χ4v) is 4.76. The largest absolute Gasteiger partial charge is 0.256 e. The zero-order valence-electron chi connectivity index (χ0n) is 17.6. The molecule has 0 N–H and O–H groups in total. The molecule has 0 radical (unpaired) electrons. The van der Waals surface area contributed by atoms with Crippen LogP contribution in [0.3, 0.4) is 0 Å². The molecule has 2 heteroatoms. The molecule has 1 nitrogen and oxygen atoms in total. The molecule has 0 unspecified atom stereocenters. The van der Waals surface area contributed by atoms with Crippen LogP contribution >= 0.6 is 0 Å². The Bertz CT molecular complexity index is 723. The predicted octanol–water partition coefficient (Wildman–Crippen LogP) is 6.18. The van der Waals surface area contributed by atoms with E-state index in [0.717, 1.165) is 12.1 Å². The van der Waals surface area contributed by atoms with Gasteiger partial charge in [-0.25, -0.2) is 0 Å². The lowest BCUT2D eigenvalue weighted by molar-refractivity contribution is 0.412. The van der Waals surface area contributed by atoms with E-state index in [2.05, 4.69) is 97.7 Å². The summed E-state index contributed by atoms with van der Waals surface area (Å²) in [5, 5.41) is 1.50. The van der Waals surface area contributed by atoms with Crippen LogP contribution in [0, 0.1) is 5.41 Å². The van der Waals surface area contributed by atoms with Gasteiger partial charge in [-0.3, -0.25) is 4.98 Å². The lowest BCUT2D eigenvalue weighted by Crippen LogP contribution is -2.41. The Labute approximate surface area is 155 Å². The highest BCUT2D eigenvalue weighted by Gasteiger charge is 2.24. The van der Waals surface area contributed by atoms with Gasteiger partial charge in [0.25, 0.3) is 0 Å². The summed E-state index contributed by atoms with van der Waals surface area (Å²) in [4.78, 5) is 4.83. The zero-order chi connectivity index (χ0) is 19.0. The van der Waals surface area contributed by atoms with Gasteiger partial charge in [0.05, 0.1) is 13.8 Å². The topological polar surface area (TPSA) is 12.9 Å². The molecule has 0 amide bonds. The first-order chi connectivity index (χ1) is 11.3. The van der Waals surface area contributed by atoms with Crippen LogP contribution in [0.2, 0.25) is 19.6 Å². The second-order valence-corrected chi connectivity index (χ2v) is 15.6. The number of aromatic nitrogens is 1. The van der Waals surface area contributed by atoms with Crippen molar-refractivity contribution >= 4 is 13.3 Å². The smallest absolute Gasteiger partial charge is 0.0799 e. The minimum atomic E-state index is -1.40. The summed E-state index contributed by atoms with van der Waals surface area (Å²) >= 11 is 0. The third-order valence-electron chi connectivity index (χ3n) is 4.57. The van der Waals surface area contributed by atoms with Gasteiger partial charge >= 0.3 is 0 Å². The van der Waals surface area contributed by atoms with Crippen LogP contribution in [0.5, 0.6) is 0 Å². The number of nitrogens with zero attached hydrogens (tertiary/aromatic N) is 1. The monoisotopic (exact) mass is 353 g/mol. The summed E-state index contributed by atoms with van der Waals surface area (Å²) in [6.07, 6.45) is 3.25. The molecule has 0 atom stereocenters. The fraction of sp³-hybridized carbons (Fsp3) is 0.522. The molecule has 2 rings (SSSR count). The van der Waals surface area contributed by atoms with Crippen molar-refractivity contribution in [2.75, 3.05) is 0 Å². The van der Waals surface area contributed by atoms with Gasteiger partial charge in [0.15, 0.2) is 0 Å². The van der Waals surface area contributed by atoms with E-state index in [9.17, 15) is 0 Å². The van der Waals surface area contributed by atoms with Crippen LogP contribution in [0.15, 0.2) is 36.5 Å². The van der Waals surface area contributed by atoms with E-state index >= 15 is 0 Å². The van der Waals surface area contributed by atoms with Crippen LogP contribution in [-0.2, 0) is 11.8 Å². The molecule has 1 aromatic carbocycles. The number of hydrogen-bond acceptors (Lipinski definition) is 1. The molecule has 2 aromatic rings. The standard InChI is InChI=1S/C23H35NSi/c1-22(2,3)15-18-14-20(24-16-21(18)25(7,8)9)17-10-12-19(13-11-17)23(4,5)6/h10-14,16H,15H2,1-9H3. The molecule has 0 saturated carbocycles. The highest BCUT2D eigenvalue weighted by molar-refractivity contribution is 6.89. The normalized spacial score (nSPS) is 13.2. The maximum atomic E-state index is 4.83. The SMILES string of the molecule is CC(C)(C)Cc1cc(-c2ccc(C(C)(C)C)cc2)ncc1[Si](C)(C)C. The van der Waals surface area contributed by atoms with Gasteiger partial charge in [-0.05, 0) is 39.6 Å². The Balaban J connectivity index is 2.47. The maximum absolute atomic E-state index is 4.83. The van der Waals surface area contributed by atoms with Gasteiger partial charge in [-0.15, -0.1) is 0 Å². The van der Waals surface area contributed by atoms with Crippen molar-refractivity contribution in [3.05, 3.63) is 47.7 Å². The average Bonchev–Trinajstić information content (AvgIpc) is 2.43. The molecule has 25 heavy (non-hydrogen) atoms. The van der Waals surface area contributed by atoms with E-state index < -0.39 is 8.07 Å². The molecule has 0 aliphatic rings. The van der Waals surface area contributed by atoms with Crippen LogP contribution in [0.4, 0.5) is 0 Å². The molecule has 136 valence electrons. The Morgan fingerprint density at radius 1 is 0.880 bits per heavy atom. The third-order valence-corrected chi connectivity index (χ3v) is 6.63. The van der Waals surface area contributed by atoms with E-state index in [1.807, 2.05) is 0 Å². The highest BCUT2D eigenvalue weighted by atomic mass is 28.3. The van der Waals surface area contributed by atoms with Crippen molar-refractivity contribution in [3.8, 4) is 11.3 Å². The van der Waals surface area contributed by atoms with Crippen molar-refractivity contribution < 1.29 is 0 Å². The molecular formula is C23H35NSi. The summed E-state index contributed by atoms with van der Waals surface area (Å²) in [5.74, 6) is 0. The Morgan fingerprint density at radius 3 is 1.88 bits per heavy atom. The first-order valence-electron chi connectivity index (χ1n) is 9.38. The fourth-order valence-electron chi connectivity index (χ4n) is 3.19. The molecular weight excluding hydrogens is 318 g/mol. The van der Waals surface area contributed by atoms with Gasteiger partial charge < -0.3 is 0 Å². The zero-order valence-corrected chi connectivity index (χ0v) is 18.6. The molecule has 0 saturated heterocycles. The van der Waals surface area contributed by atoms with Gasteiger partial charge in [0, 0.05) is 11.8 Å². The summed E-state index contributed by atoms with van der Waals surface area (Å²) in [6, 6.07) is 11.3. The number of rotatable bonds is 3. The van der Waals surface area contributed by atoms with Crippen molar-refractivity contribution in [3.63, 3.8) is 0 Å². The molecule has 0 aliphatic carbocycles. The third kappa shape index (κ3) is 5.28. The molecule has 0 spiro atoms. The molecule has 0 bridgehead atoms. The predicted molar refractivity (Wildman–Crippen MR) is 115 cm³/mol. The lowest BCUT2D eigenvalue weighted by Gasteiger charge is -2.26. The summed E-state index contributed by atoms with van der Waals surface area (Å²) in [6.45, 7) is 21.0. The second-order valence-electron chi connectivity index (χ2n) is 10.5. The first kappa shape index (κ1) is 19.9. The van der Waals surface area contributed by atoms with Crippen molar-refractivity contribution in [2.45, 2.75) is 73.0 Å². The molecule has 1 heterocycles. The summed E-state index contributed by atoms with van der Waals surface area (Å²) in [5.41, 5.74) is 5.63. The van der Waals surface area contributed by atoms with E-state index in [0.29, 0.717) is 0 Å². The summed E-state index contributed by atoms with van der Waals surface area (Å²) < 4.78 is 0. The van der Waals surface area contributed by atoms with Gasteiger partial charge in [0.2, 0.25) is 0 Å². The second kappa shape index (κ2) is 6.72. The van der Waals surface area contributed by atoms with Crippen LogP contribution < -0.4 is 5.19 Å². The Kier molecular flexibility index (Phi) is 5.35. The van der Waals surface area contributed by atoms with Gasteiger partial charge in [-0.2, -0.15) is 0 Å². The Hall–Kier alpha value is -1.41. The van der Waals surface area contributed by atoms with E-state index in [-0.39, 0.29) is 10.8 Å². The average molecular weight is 354 g/mol. The van der Waals surface area contributed by atoms with Crippen molar-refractivity contribution in [2.24, 2.45) is 5.41 Å². The van der Waals surface area contributed by atoms with Crippen LogP contribution in [0.25, 0.3) is 11.3 Å². The highest BCUT2D eigenvalue weighted by Crippen LogP contribution is 2.27. The van der Waals surface area contributed by atoms with E-state index in [1.165, 1.54) is 21.9 Å². The maximum Gasteiger partial charge on any atom is 0.0799 e. The summed E-state index contributed by atoms with van der Waals surface area (Å²) in [7, 11) is -1.40. The minimum absolute atomic E-state index is 0.186. The van der Waals surface area contributed by atoms with Gasteiger partial charge in [-0.1, -0.05) is 85.4 Å². The van der Waals surface area contributed by atoms with Gasteiger partial charge in [0.1, 0.15) is 0 Å². The van der Waals surface area contributed by atoms with Crippen molar-refractivity contribution in [1.29, 1.82) is 0 Å². The van der Waals surface area contributed by atoms with E-state index in [1.54, 1.807) is 0 Å². The van der Waals surface area contributed by atoms with E-state index in [4.69, 9.17) is 4.98 Å². The molecule has 0 fully saturated rings. The van der Waals surface area contributed by atoms with Crippen LogP contribution in [-0.4, -0.2) is 13.1 Å². The molecule has 0 aliphatic heterocycles. The quantitative estimate of drug-likeness (QED) is 0.600. The number of benzene rings is 1. The lowest BCUT2D eigenvalue weighted by atomic mass is 9.86. The Morgan fingerprint density at radius 2 is 1.44 bits per heavy atom. The van der Waals surface area contributed by atoms with Crippen molar-refractivity contribution in [1.82, 2.24) is 4.98 Å². The number of pyridine rings is 1. The van der Waals surface area contributed by atoms with Crippen LogP contribution in [0.1, 0.15) is 52.7 Å². The minimum Gasteiger partial charge on any atom is -0.256 e. The first-order valence-corrected chi connectivity index (χ1v) is 12.9. The molecule has 1 aromatic heterocycles. The number of hydrogen-bond donors (Lipinski definition) is 0.